The van der Waals surface area contributed by atoms with Gasteiger partial charge in [0.05, 0.1) is 12.2 Å². The van der Waals surface area contributed by atoms with E-state index in [-0.39, 0.29) is 11.8 Å². The predicted molar refractivity (Wildman–Crippen MR) is 57.9 cm³/mol. The Kier molecular flexibility index (Phi) is 2.95. The summed E-state index contributed by atoms with van der Waals surface area (Å²) in [7, 11) is 0. The van der Waals surface area contributed by atoms with Gasteiger partial charge in [-0.2, -0.15) is 0 Å². The third-order valence-corrected chi connectivity index (χ3v) is 2.57. The average molecular weight is 244 g/mol. The Bertz CT molecular complexity index is 465. The molecule has 0 aliphatic rings. The van der Waals surface area contributed by atoms with Crippen molar-refractivity contribution in [3.8, 4) is 11.3 Å². The smallest absolute Gasteiger partial charge is 0.232 e. The normalized spacial score (nSPS) is 10.6. The minimum atomic E-state index is -0.208. The Morgan fingerprint density at radius 3 is 2.47 bits per heavy atom. The molecule has 0 atom stereocenters. The second-order valence-corrected chi connectivity index (χ2v) is 3.73. The van der Waals surface area contributed by atoms with E-state index in [0.29, 0.717) is 16.3 Å². The van der Waals surface area contributed by atoms with Gasteiger partial charge in [-0.15, -0.1) is 0 Å². The molecule has 5 heteroatoms. The molecule has 0 spiro atoms. The van der Waals surface area contributed by atoms with Crippen molar-refractivity contribution in [3.05, 3.63) is 40.1 Å². The Labute approximate surface area is 96.2 Å². The first-order valence-electron chi connectivity index (χ1n) is 4.23. The van der Waals surface area contributed by atoms with E-state index in [9.17, 15) is 0 Å². The van der Waals surface area contributed by atoms with Crippen LogP contribution in [-0.4, -0.2) is 10.3 Å². The van der Waals surface area contributed by atoms with E-state index < -0.39 is 0 Å². The molecule has 0 radical (unpaired) electrons. The summed E-state index contributed by atoms with van der Waals surface area (Å²) in [6, 6.07) is 7.05. The number of hydrogen-bond donors (Lipinski definition) is 1. The number of hydrogen-bond acceptors (Lipinski definition) is 3. The van der Waals surface area contributed by atoms with Crippen molar-refractivity contribution in [2.24, 2.45) is 0 Å². The molecule has 0 unspecified atom stereocenters. The molecule has 3 nitrogen and oxygen atoms in total. The van der Waals surface area contributed by atoms with Gasteiger partial charge >= 0.3 is 0 Å². The van der Waals surface area contributed by atoms with E-state index >= 15 is 0 Å². The van der Waals surface area contributed by atoms with Crippen molar-refractivity contribution < 1.29 is 9.63 Å². The lowest BCUT2D eigenvalue weighted by atomic mass is 10.1. The van der Waals surface area contributed by atoms with Gasteiger partial charge in [0, 0.05) is 10.6 Å². The Morgan fingerprint density at radius 2 is 1.87 bits per heavy atom. The van der Waals surface area contributed by atoms with Gasteiger partial charge in [-0.1, -0.05) is 28.9 Å². The highest BCUT2D eigenvalue weighted by atomic mass is 35.5. The molecule has 2 aromatic rings. The van der Waals surface area contributed by atoms with Crippen LogP contribution in [0.15, 0.2) is 28.8 Å². The zero-order chi connectivity index (χ0) is 10.8. The standard InChI is InChI=1S/C10H7Cl2NO2/c11-7-3-1-6(2-4-7)9-8(5-14)10(12)15-13-9/h1-4,14H,5H2. The van der Waals surface area contributed by atoms with Crippen molar-refractivity contribution in [3.63, 3.8) is 0 Å². The van der Waals surface area contributed by atoms with Crippen LogP contribution in [0.5, 0.6) is 0 Å². The monoisotopic (exact) mass is 243 g/mol. The molecule has 1 N–H and O–H groups in total. The summed E-state index contributed by atoms with van der Waals surface area (Å²) in [5.41, 5.74) is 1.83. The second-order valence-electron chi connectivity index (χ2n) is 2.95. The van der Waals surface area contributed by atoms with Crippen LogP contribution in [0.2, 0.25) is 10.2 Å². The van der Waals surface area contributed by atoms with Crippen LogP contribution in [0.3, 0.4) is 0 Å². The second kappa shape index (κ2) is 4.23. The third kappa shape index (κ3) is 2.00. The number of aromatic nitrogens is 1. The predicted octanol–water partition coefficient (Wildman–Crippen LogP) is 3.14. The maximum Gasteiger partial charge on any atom is 0.232 e. The summed E-state index contributed by atoms with van der Waals surface area (Å²) in [4.78, 5) is 0. The van der Waals surface area contributed by atoms with Crippen molar-refractivity contribution in [2.75, 3.05) is 0 Å². The quantitative estimate of drug-likeness (QED) is 0.882. The fourth-order valence-corrected chi connectivity index (χ4v) is 1.57. The van der Waals surface area contributed by atoms with Crippen LogP contribution in [0.25, 0.3) is 11.3 Å². The van der Waals surface area contributed by atoms with Crippen LogP contribution in [0.4, 0.5) is 0 Å². The van der Waals surface area contributed by atoms with Crippen molar-refractivity contribution >= 4 is 23.2 Å². The lowest BCUT2D eigenvalue weighted by molar-refractivity contribution is 0.281. The van der Waals surface area contributed by atoms with Gasteiger partial charge in [-0.3, -0.25) is 0 Å². The molecule has 0 aliphatic heterocycles. The van der Waals surface area contributed by atoms with Gasteiger partial charge in [0.1, 0.15) is 5.69 Å². The number of nitrogens with zero attached hydrogens (tertiary/aromatic N) is 1. The Balaban J connectivity index is 2.49. The Morgan fingerprint density at radius 1 is 1.20 bits per heavy atom. The minimum absolute atomic E-state index is 0.113. The van der Waals surface area contributed by atoms with Gasteiger partial charge in [-0.25, -0.2) is 0 Å². The molecule has 0 aliphatic carbocycles. The number of aliphatic hydroxyl groups is 1. The highest BCUT2D eigenvalue weighted by Crippen LogP contribution is 2.29. The first-order valence-corrected chi connectivity index (χ1v) is 4.99. The molecule has 15 heavy (non-hydrogen) atoms. The molecular weight excluding hydrogens is 237 g/mol. The van der Waals surface area contributed by atoms with E-state index in [1.807, 2.05) is 0 Å². The van der Waals surface area contributed by atoms with E-state index in [1.165, 1.54) is 0 Å². The van der Waals surface area contributed by atoms with Crippen LogP contribution in [0, 0.1) is 0 Å². The fraction of sp³-hybridized carbons (Fsp3) is 0.100. The molecule has 0 fully saturated rings. The van der Waals surface area contributed by atoms with Crippen molar-refractivity contribution in [1.29, 1.82) is 0 Å². The van der Waals surface area contributed by atoms with Gasteiger partial charge in [0.25, 0.3) is 0 Å². The minimum Gasteiger partial charge on any atom is -0.391 e. The van der Waals surface area contributed by atoms with E-state index in [1.54, 1.807) is 24.3 Å². The summed E-state index contributed by atoms with van der Waals surface area (Å²) < 4.78 is 4.79. The molecule has 78 valence electrons. The summed E-state index contributed by atoms with van der Waals surface area (Å²) in [6.07, 6.45) is 0. The molecule has 1 aromatic carbocycles. The zero-order valence-electron chi connectivity index (χ0n) is 7.58. The molecule has 1 aromatic heterocycles. The molecule has 1 heterocycles. The van der Waals surface area contributed by atoms with E-state index in [0.717, 1.165) is 5.56 Å². The SMILES string of the molecule is OCc1c(-c2ccc(Cl)cc2)noc1Cl. The van der Waals surface area contributed by atoms with Crippen LogP contribution < -0.4 is 0 Å². The van der Waals surface area contributed by atoms with Crippen LogP contribution in [0.1, 0.15) is 5.56 Å². The first-order chi connectivity index (χ1) is 7.22. The summed E-state index contributed by atoms with van der Waals surface area (Å²) in [5.74, 6) is 0. The third-order valence-electron chi connectivity index (χ3n) is 2.02. The molecule has 0 amide bonds. The lowest BCUT2D eigenvalue weighted by Crippen LogP contribution is -1.86. The largest absolute Gasteiger partial charge is 0.391 e. The maximum atomic E-state index is 9.09. The summed E-state index contributed by atoms with van der Waals surface area (Å²) >= 11 is 11.5. The maximum absolute atomic E-state index is 9.09. The number of rotatable bonds is 2. The number of aliphatic hydroxyl groups excluding tert-OH is 1. The van der Waals surface area contributed by atoms with Gasteiger partial charge < -0.3 is 9.63 Å². The summed E-state index contributed by atoms with van der Waals surface area (Å²) in [5, 5.41) is 13.6. The zero-order valence-corrected chi connectivity index (χ0v) is 9.09. The van der Waals surface area contributed by atoms with Gasteiger partial charge in [-0.05, 0) is 23.7 Å². The number of halogens is 2. The first kappa shape index (κ1) is 10.5. The lowest BCUT2D eigenvalue weighted by Gasteiger charge is -1.98. The highest BCUT2D eigenvalue weighted by Gasteiger charge is 2.14. The fourth-order valence-electron chi connectivity index (χ4n) is 1.26. The van der Waals surface area contributed by atoms with E-state index in [4.69, 9.17) is 32.8 Å². The van der Waals surface area contributed by atoms with E-state index in [2.05, 4.69) is 5.16 Å². The molecule has 0 bridgehead atoms. The average Bonchev–Trinajstić information content (AvgIpc) is 2.61. The molecular formula is C10H7Cl2NO2. The van der Waals surface area contributed by atoms with Crippen molar-refractivity contribution in [2.45, 2.75) is 6.61 Å². The number of benzene rings is 1. The van der Waals surface area contributed by atoms with Crippen molar-refractivity contribution in [1.82, 2.24) is 5.16 Å². The topological polar surface area (TPSA) is 46.3 Å². The van der Waals surface area contributed by atoms with Gasteiger partial charge in [0.2, 0.25) is 5.22 Å². The van der Waals surface area contributed by atoms with Crippen LogP contribution >= 0.6 is 23.2 Å². The van der Waals surface area contributed by atoms with Gasteiger partial charge in [0.15, 0.2) is 0 Å². The highest BCUT2D eigenvalue weighted by molar-refractivity contribution is 6.30. The molecule has 2 rings (SSSR count). The molecule has 0 saturated carbocycles. The van der Waals surface area contributed by atoms with Crippen LogP contribution in [-0.2, 0) is 6.61 Å². The molecule has 0 saturated heterocycles. The summed E-state index contributed by atoms with van der Waals surface area (Å²) in [6.45, 7) is -0.208. The Hall–Kier alpha value is -1.03.